The van der Waals surface area contributed by atoms with Gasteiger partial charge in [-0.05, 0) is 26.8 Å². The van der Waals surface area contributed by atoms with Gasteiger partial charge in [0, 0.05) is 18.5 Å². The SMILES string of the molecule is CC(C)(C)NC(=O)CCNc1c(N)cc(N)c(Cl)c1F. The van der Waals surface area contributed by atoms with Crippen LogP contribution in [0.2, 0.25) is 5.02 Å². The van der Waals surface area contributed by atoms with Crippen molar-refractivity contribution in [3.05, 3.63) is 16.9 Å². The Hall–Kier alpha value is -1.69. The Balaban J connectivity index is 2.64. The molecule has 0 aliphatic carbocycles. The number of hydrogen-bond acceptors (Lipinski definition) is 4. The molecule has 0 heterocycles. The van der Waals surface area contributed by atoms with Crippen LogP contribution in [0.1, 0.15) is 27.2 Å². The molecule has 0 bridgehead atoms. The lowest BCUT2D eigenvalue weighted by Gasteiger charge is -2.20. The maximum Gasteiger partial charge on any atom is 0.222 e. The molecule has 0 atom stereocenters. The average Bonchev–Trinajstić information content (AvgIpc) is 2.28. The van der Waals surface area contributed by atoms with Gasteiger partial charge in [0.05, 0.1) is 17.1 Å². The number of nitrogen functional groups attached to an aromatic ring is 2. The van der Waals surface area contributed by atoms with Crippen LogP contribution in [0, 0.1) is 5.82 Å². The van der Waals surface area contributed by atoms with Crippen LogP contribution in [0.3, 0.4) is 0 Å². The number of nitrogens with two attached hydrogens (primary N) is 2. The Morgan fingerprint density at radius 1 is 1.35 bits per heavy atom. The fourth-order valence-corrected chi connectivity index (χ4v) is 1.78. The van der Waals surface area contributed by atoms with E-state index >= 15 is 0 Å². The second kappa shape index (κ2) is 6.17. The van der Waals surface area contributed by atoms with Crippen LogP contribution in [0.5, 0.6) is 0 Å². The molecule has 6 N–H and O–H groups in total. The van der Waals surface area contributed by atoms with Crippen molar-refractivity contribution in [2.24, 2.45) is 0 Å². The van der Waals surface area contributed by atoms with E-state index in [-0.39, 0.29) is 46.5 Å². The Morgan fingerprint density at radius 2 is 1.95 bits per heavy atom. The maximum atomic E-state index is 13.9. The zero-order valence-corrected chi connectivity index (χ0v) is 12.6. The van der Waals surface area contributed by atoms with Crippen LogP contribution in [0.15, 0.2) is 6.07 Å². The number of rotatable bonds is 4. The largest absolute Gasteiger partial charge is 0.397 e. The summed E-state index contributed by atoms with van der Waals surface area (Å²) < 4.78 is 13.9. The van der Waals surface area contributed by atoms with Crippen LogP contribution < -0.4 is 22.1 Å². The Kier molecular flexibility index (Phi) is 5.05. The monoisotopic (exact) mass is 302 g/mol. The van der Waals surface area contributed by atoms with Gasteiger partial charge in [0.25, 0.3) is 0 Å². The summed E-state index contributed by atoms with van der Waals surface area (Å²) >= 11 is 5.71. The predicted octanol–water partition coefficient (Wildman–Crippen LogP) is 2.36. The van der Waals surface area contributed by atoms with Crippen molar-refractivity contribution in [3.63, 3.8) is 0 Å². The number of halogens is 2. The highest BCUT2D eigenvalue weighted by molar-refractivity contribution is 6.33. The smallest absolute Gasteiger partial charge is 0.222 e. The van der Waals surface area contributed by atoms with Crippen LogP contribution in [-0.4, -0.2) is 18.0 Å². The fraction of sp³-hybridized carbons (Fsp3) is 0.462. The number of nitrogens with one attached hydrogen (secondary N) is 2. The Labute approximate surface area is 122 Å². The molecule has 0 aliphatic heterocycles. The molecule has 0 unspecified atom stereocenters. The van der Waals surface area contributed by atoms with Crippen LogP contribution in [0.25, 0.3) is 0 Å². The molecule has 1 amide bonds. The van der Waals surface area contributed by atoms with Crippen molar-refractivity contribution in [1.82, 2.24) is 5.32 Å². The highest BCUT2D eigenvalue weighted by Gasteiger charge is 2.16. The molecule has 0 aromatic heterocycles. The molecule has 0 fully saturated rings. The van der Waals surface area contributed by atoms with Gasteiger partial charge in [-0.3, -0.25) is 4.79 Å². The zero-order valence-electron chi connectivity index (χ0n) is 11.8. The molecule has 0 spiro atoms. The summed E-state index contributed by atoms with van der Waals surface area (Å²) in [7, 11) is 0. The number of anilines is 3. The van der Waals surface area contributed by atoms with Gasteiger partial charge in [0.1, 0.15) is 5.02 Å². The topological polar surface area (TPSA) is 93.2 Å². The predicted molar refractivity (Wildman–Crippen MR) is 81.2 cm³/mol. The minimum absolute atomic E-state index is 0.0627. The molecule has 0 radical (unpaired) electrons. The summed E-state index contributed by atoms with van der Waals surface area (Å²) in [6.45, 7) is 5.89. The van der Waals surface area contributed by atoms with E-state index in [1.165, 1.54) is 6.07 Å². The van der Waals surface area contributed by atoms with Gasteiger partial charge in [-0.2, -0.15) is 0 Å². The van der Waals surface area contributed by atoms with E-state index in [0.717, 1.165) is 0 Å². The van der Waals surface area contributed by atoms with Crippen molar-refractivity contribution in [2.75, 3.05) is 23.3 Å². The summed E-state index contributed by atoms with van der Waals surface area (Å²) in [4.78, 5) is 11.6. The van der Waals surface area contributed by atoms with Crippen molar-refractivity contribution >= 4 is 34.6 Å². The van der Waals surface area contributed by atoms with Gasteiger partial charge in [0.15, 0.2) is 5.82 Å². The van der Waals surface area contributed by atoms with Crippen molar-refractivity contribution in [3.8, 4) is 0 Å². The molecule has 0 aliphatic rings. The highest BCUT2D eigenvalue weighted by atomic mass is 35.5. The quantitative estimate of drug-likeness (QED) is 0.642. The van der Waals surface area contributed by atoms with Gasteiger partial charge in [-0.1, -0.05) is 11.6 Å². The third kappa shape index (κ3) is 4.45. The fourth-order valence-electron chi connectivity index (χ4n) is 1.63. The van der Waals surface area contributed by atoms with E-state index in [1.807, 2.05) is 20.8 Å². The second-order valence-electron chi connectivity index (χ2n) is 5.53. The summed E-state index contributed by atoms with van der Waals surface area (Å²) in [5.41, 5.74) is 11.2. The van der Waals surface area contributed by atoms with E-state index < -0.39 is 5.82 Å². The molecule has 20 heavy (non-hydrogen) atoms. The lowest BCUT2D eigenvalue weighted by atomic mass is 10.1. The molecule has 1 aromatic carbocycles. The summed E-state index contributed by atoms with van der Waals surface area (Å²) in [5.74, 6) is -0.842. The molecule has 5 nitrogen and oxygen atoms in total. The first-order chi connectivity index (χ1) is 9.11. The number of carbonyl (C=O) groups excluding carboxylic acids is 1. The molecule has 0 saturated heterocycles. The Bertz CT molecular complexity index is 514. The third-order valence-corrected chi connectivity index (χ3v) is 2.82. The molecule has 1 rings (SSSR count). The van der Waals surface area contributed by atoms with Crippen LogP contribution in [-0.2, 0) is 4.79 Å². The molecule has 7 heteroatoms. The van der Waals surface area contributed by atoms with Crippen molar-refractivity contribution in [1.29, 1.82) is 0 Å². The van der Waals surface area contributed by atoms with Crippen molar-refractivity contribution in [2.45, 2.75) is 32.7 Å². The average molecular weight is 303 g/mol. The van der Waals surface area contributed by atoms with Crippen LogP contribution >= 0.6 is 11.6 Å². The van der Waals surface area contributed by atoms with E-state index in [4.69, 9.17) is 23.1 Å². The van der Waals surface area contributed by atoms with Gasteiger partial charge >= 0.3 is 0 Å². The number of carbonyl (C=O) groups is 1. The van der Waals surface area contributed by atoms with Gasteiger partial charge in [-0.25, -0.2) is 4.39 Å². The standard InChI is InChI=1S/C13H20ClFN4O/c1-13(2,3)19-9(20)4-5-18-12-8(17)6-7(16)10(14)11(12)15/h6,18H,4-5,16-17H2,1-3H3,(H,19,20). The lowest BCUT2D eigenvalue weighted by molar-refractivity contribution is -0.122. The zero-order chi connectivity index (χ0) is 15.5. The highest BCUT2D eigenvalue weighted by Crippen LogP contribution is 2.33. The normalized spacial score (nSPS) is 11.2. The summed E-state index contributed by atoms with van der Waals surface area (Å²) in [6, 6.07) is 1.38. The van der Waals surface area contributed by atoms with E-state index in [2.05, 4.69) is 10.6 Å². The van der Waals surface area contributed by atoms with E-state index in [0.29, 0.717) is 0 Å². The first kappa shape index (κ1) is 16.4. The van der Waals surface area contributed by atoms with Gasteiger partial charge < -0.3 is 22.1 Å². The van der Waals surface area contributed by atoms with E-state index in [9.17, 15) is 9.18 Å². The van der Waals surface area contributed by atoms with Gasteiger partial charge in [-0.15, -0.1) is 0 Å². The minimum atomic E-state index is -0.708. The lowest BCUT2D eigenvalue weighted by Crippen LogP contribution is -2.41. The second-order valence-corrected chi connectivity index (χ2v) is 5.91. The number of hydrogen-bond donors (Lipinski definition) is 4. The number of benzene rings is 1. The van der Waals surface area contributed by atoms with Gasteiger partial charge in [0.2, 0.25) is 5.91 Å². The molecule has 0 saturated carbocycles. The molecule has 112 valence electrons. The molecular formula is C13H20ClFN4O. The minimum Gasteiger partial charge on any atom is -0.397 e. The summed E-state index contributed by atoms with van der Waals surface area (Å²) in [6.07, 6.45) is 0.193. The first-order valence-electron chi connectivity index (χ1n) is 6.19. The summed E-state index contributed by atoms with van der Waals surface area (Å²) in [5, 5.41) is 5.39. The van der Waals surface area contributed by atoms with Crippen molar-refractivity contribution < 1.29 is 9.18 Å². The first-order valence-corrected chi connectivity index (χ1v) is 6.57. The van der Waals surface area contributed by atoms with E-state index in [1.54, 1.807) is 0 Å². The molecular weight excluding hydrogens is 283 g/mol. The number of amides is 1. The molecule has 1 aromatic rings. The maximum absolute atomic E-state index is 13.9. The van der Waals surface area contributed by atoms with Crippen LogP contribution in [0.4, 0.5) is 21.5 Å². The Morgan fingerprint density at radius 3 is 2.50 bits per heavy atom. The third-order valence-electron chi connectivity index (χ3n) is 2.43.